The lowest BCUT2D eigenvalue weighted by molar-refractivity contribution is 0.0784. The standard InChI is InChI=1S/C10H13N5OS/c1-14(4-7-5-17-6-12-7)10(16)8-3-13-15(2)9(8)11/h3,5-6H,4,11H2,1-2H3. The van der Waals surface area contributed by atoms with Gasteiger partial charge >= 0.3 is 0 Å². The fourth-order valence-corrected chi connectivity index (χ4v) is 2.00. The van der Waals surface area contributed by atoms with Crippen molar-refractivity contribution in [3.63, 3.8) is 0 Å². The average molecular weight is 251 g/mol. The number of carbonyl (C=O) groups excluding carboxylic acids is 1. The van der Waals surface area contributed by atoms with Crippen LogP contribution in [0.5, 0.6) is 0 Å². The first-order valence-corrected chi connectivity index (χ1v) is 5.94. The van der Waals surface area contributed by atoms with E-state index in [9.17, 15) is 4.79 Å². The Kier molecular flexibility index (Phi) is 3.10. The van der Waals surface area contributed by atoms with Gasteiger partial charge in [0.05, 0.1) is 23.9 Å². The Morgan fingerprint density at radius 3 is 2.94 bits per heavy atom. The first kappa shape index (κ1) is 11.6. The van der Waals surface area contributed by atoms with Gasteiger partial charge in [0.25, 0.3) is 5.91 Å². The molecule has 0 atom stereocenters. The molecule has 0 aliphatic rings. The summed E-state index contributed by atoms with van der Waals surface area (Å²) in [7, 11) is 3.42. The van der Waals surface area contributed by atoms with E-state index in [4.69, 9.17) is 5.73 Å². The second kappa shape index (κ2) is 4.54. The highest BCUT2D eigenvalue weighted by atomic mass is 32.1. The average Bonchev–Trinajstić information content (AvgIpc) is 2.90. The van der Waals surface area contributed by atoms with Crippen LogP contribution in [0.4, 0.5) is 5.82 Å². The van der Waals surface area contributed by atoms with Gasteiger partial charge in [-0.3, -0.25) is 9.48 Å². The maximum Gasteiger partial charge on any atom is 0.259 e. The maximum absolute atomic E-state index is 12.1. The summed E-state index contributed by atoms with van der Waals surface area (Å²) in [6, 6.07) is 0. The van der Waals surface area contributed by atoms with E-state index in [0.29, 0.717) is 17.9 Å². The highest BCUT2D eigenvalue weighted by Crippen LogP contribution is 2.13. The van der Waals surface area contributed by atoms with Gasteiger partial charge in [-0.1, -0.05) is 0 Å². The molecule has 0 aliphatic heterocycles. The van der Waals surface area contributed by atoms with E-state index in [2.05, 4.69) is 10.1 Å². The molecule has 7 heteroatoms. The number of rotatable bonds is 3. The van der Waals surface area contributed by atoms with Crippen LogP contribution in [0.1, 0.15) is 16.1 Å². The summed E-state index contributed by atoms with van der Waals surface area (Å²) in [6.07, 6.45) is 1.48. The van der Waals surface area contributed by atoms with E-state index in [0.717, 1.165) is 5.69 Å². The smallest absolute Gasteiger partial charge is 0.259 e. The van der Waals surface area contributed by atoms with Crippen molar-refractivity contribution >= 4 is 23.1 Å². The van der Waals surface area contributed by atoms with E-state index >= 15 is 0 Å². The summed E-state index contributed by atoms with van der Waals surface area (Å²) < 4.78 is 1.48. The monoisotopic (exact) mass is 251 g/mol. The molecule has 0 spiro atoms. The van der Waals surface area contributed by atoms with Crippen LogP contribution in [0.15, 0.2) is 17.1 Å². The van der Waals surface area contributed by atoms with Gasteiger partial charge in [-0.25, -0.2) is 4.98 Å². The Morgan fingerprint density at radius 1 is 1.65 bits per heavy atom. The molecule has 6 nitrogen and oxygen atoms in total. The zero-order valence-electron chi connectivity index (χ0n) is 9.62. The molecule has 2 rings (SSSR count). The third kappa shape index (κ3) is 2.28. The van der Waals surface area contributed by atoms with Crippen molar-refractivity contribution in [1.29, 1.82) is 0 Å². The van der Waals surface area contributed by atoms with Crippen molar-refractivity contribution in [3.05, 3.63) is 28.3 Å². The highest BCUT2D eigenvalue weighted by molar-refractivity contribution is 7.07. The number of aryl methyl sites for hydroxylation is 1. The van der Waals surface area contributed by atoms with E-state index in [1.807, 2.05) is 5.38 Å². The molecule has 0 bridgehead atoms. The van der Waals surface area contributed by atoms with Crippen LogP contribution in [-0.2, 0) is 13.6 Å². The summed E-state index contributed by atoms with van der Waals surface area (Å²) >= 11 is 1.51. The first-order valence-electron chi connectivity index (χ1n) is 4.99. The van der Waals surface area contributed by atoms with Crippen LogP contribution in [-0.4, -0.2) is 32.6 Å². The molecule has 1 amide bonds. The summed E-state index contributed by atoms with van der Waals surface area (Å²) in [5.74, 6) is 0.226. The fraction of sp³-hybridized carbons (Fsp3) is 0.300. The largest absolute Gasteiger partial charge is 0.383 e. The van der Waals surface area contributed by atoms with Crippen LogP contribution >= 0.6 is 11.3 Å². The predicted molar refractivity (Wildman–Crippen MR) is 65.5 cm³/mol. The maximum atomic E-state index is 12.1. The number of aromatic nitrogens is 3. The van der Waals surface area contributed by atoms with Crippen molar-refractivity contribution in [2.24, 2.45) is 7.05 Å². The lowest BCUT2D eigenvalue weighted by Gasteiger charge is -2.15. The molecule has 0 aliphatic carbocycles. The van der Waals surface area contributed by atoms with Crippen molar-refractivity contribution in [2.45, 2.75) is 6.54 Å². The van der Waals surface area contributed by atoms with Crippen molar-refractivity contribution in [2.75, 3.05) is 12.8 Å². The fourth-order valence-electron chi connectivity index (χ4n) is 1.45. The van der Waals surface area contributed by atoms with Crippen LogP contribution < -0.4 is 5.73 Å². The minimum Gasteiger partial charge on any atom is -0.383 e. The Balaban J connectivity index is 2.12. The molecule has 0 saturated carbocycles. The summed E-state index contributed by atoms with van der Waals surface area (Å²) in [4.78, 5) is 17.8. The molecule has 2 aromatic rings. The molecule has 0 radical (unpaired) electrons. The van der Waals surface area contributed by atoms with Crippen molar-refractivity contribution < 1.29 is 4.79 Å². The summed E-state index contributed by atoms with van der Waals surface area (Å²) in [6.45, 7) is 0.469. The Hall–Kier alpha value is -1.89. The molecule has 90 valence electrons. The Bertz CT molecular complexity index is 519. The molecule has 0 aromatic carbocycles. The number of carbonyl (C=O) groups is 1. The van der Waals surface area contributed by atoms with Gasteiger partial charge in [0.2, 0.25) is 0 Å². The molecular formula is C10H13N5OS. The van der Waals surface area contributed by atoms with E-state index in [1.165, 1.54) is 22.2 Å². The number of hydrogen-bond donors (Lipinski definition) is 1. The van der Waals surface area contributed by atoms with Crippen LogP contribution in [0.3, 0.4) is 0 Å². The second-order valence-corrected chi connectivity index (χ2v) is 4.43. The van der Waals surface area contributed by atoms with E-state index in [-0.39, 0.29) is 5.91 Å². The number of anilines is 1. The van der Waals surface area contributed by atoms with Crippen LogP contribution in [0.2, 0.25) is 0 Å². The van der Waals surface area contributed by atoms with Gasteiger partial charge in [0.15, 0.2) is 0 Å². The zero-order chi connectivity index (χ0) is 12.4. The SMILES string of the molecule is CN(Cc1cscn1)C(=O)c1cnn(C)c1N. The zero-order valence-corrected chi connectivity index (χ0v) is 10.4. The minimum absolute atomic E-state index is 0.149. The summed E-state index contributed by atoms with van der Waals surface area (Å²) in [5, 5.41) is 5.86. The second-order valence-electron chi connectivity index (χ2n) is 3.71. The molecule has 2 N–H and O–H groups in total. The van der Waals surface area contributed by atoms with Gasteiger partial charge < -0.3 is 10.6 Å². The Labute approximate surface area is 103 Å². The van der Waals surface area contributed by atoms with Crippen molar-refractivity contribution in [1.82, 2.24) is 19.7 Å². The van der Waals surface area contributed by atoms with E-state index in [1.54, 1.807) is 24.5 Å². The number of nitrogens with zero attached hydrogens (tertiary/aromatic N) is 4. The van der Waals surface area contributed by atoms with Gasteiger partial charge in [0, 0.05) is 19.5 Å². The number of hydrogen-bond acceptors (Lipinski definition) is 5. The van der Waals surface area contributed by atoms with Crippen molar-refractivity contribution in [3.8, 4) is 0 Å². The molecule has 2 aromatic heterocycles. The number of nitrogen functional groups attached to an aromatic ring is 1. The Morgan fingerprint density at radius 2 is 2.41 bits per heavy atom. The molecule has 17 heavy (non-hydrogen) atoms. The third-order valence-electron chi connectivity index (χ3n) is 2.44. The third-order valence-corrected chi connectivity index (χ3v) is 3.08. The van der Waals surface area contributed by atoms with Gasteiger partial charge in [-0.05, 0) is 0 Å². The molecule has 2 heterocycles. The van der Waals surface area contributed by atoms with Crippen LogP contribution in [0, 0.1) is 0 Å². The van der Waals surface area contributed by atoms with E-state index < -0.39 is 0 Å². The number of amides is 1. The minimum atomic E-state index is -0.149. The van der Waals surface area contributed by atoms with Gasteiger partial charge in [-0.15, -0.1) is 11.3 Å². The molecule has 0 fully saturated rings. The van der Waals surface area contributed by atoms with Gasteiger partial charge in [0.1, 0.15) is 11.4 Å². The molecule has 0 saturated heterocycles. The number of thiazole rings is 1. The first-order chi connectivity index (χ1) is 8.09. The topological polar surface area (TPSA) is 77.0 Å². The lowest BCUT2D eigenvalue weighted by Crippen LogP contribution is -2.26. The molecular weight excluding hydrogens is 238 g/mol. The number of nitrogens with two attached hydrogens (primary N) is 1. The quantitative estimate of drug-likeness (QED) is 0.872. The normalized spacial score (nSPS) is 10.5. The molecule has 0 unspecified atom stereocenters. The predicted octanol–water partition coefficient (Wildman–Crippen LogP) is 0.731. The van der Waals surface area contributed by atoms with Gasteiger partial charge in [-0.2, -0.15) is 5.10 Å². The van der Waals surface area contributed by atoms with Crippen LogP contribution in [0.25, 0.3) is 0 Å². The lowest BCUT2D eigenvalue weighted by atomic mass is 10.3. The highest BCUT2D eigenvalue weighted by Gasteiger charge is 2.18. The summed E-state index contributed by atoms with van der Waals surface area (Å²) in [5.41, 5.74) is 8.79.